The summed E-state index contributed by atoms with van der Waals surface area (Å²) >= 11 is 0. The molecule has 0 aromatic carbocycles. The van der Waals surface area contributed by atoms with Gasteiger partial charge in [0.1, 0.15) is 0 Å². The lowest BCUT2D eigenvalue weighted by molar-refractivity contribution is -0.132. The van der Waals surface area contributed by atoms with E-state index >= 15 is 0 Å². The van der Waals surface area contributed by atoms with E-state index < -0.39 is 11.5 Å². The molecule has 0 saturated carbocycles. The summed E-state index contributed by atoms with van der Waals surface area (Å²) in [7, 11) is 1.42. The molecule has 0 aromatic heterocycles. The minimum atomic E-state index is -0.566. The van der Waals surface area contributed by atoms with Crippen LogP contribution in [0.15, 0.2) is 22.5 Å². The van der Waals surface area contributed by atoms with Gasteiger partial charge in [-0.05, 0) is 38.3 Å². The molecule has 0 bridgehead atoms. The normalized spacial score (nSPS) is 25.6. The van der Waals surface area contributed by atoms with Crippen molar-refractivity contribution >= 4 is 17.3 Å². The topological polar surface area (TPSA) is 80.7 Å². The zero-order chi connectivity index (χ0) is 19.7. The van der Waals surface area contributed by atoms with E-state index in [1.165, 1.54) is 7.11 Å². The molecular weight excluding hydrogens is 320 g/mol. The maximum absolute atomic E-state index is 11.7. The van der Waals surface area contributed by atoms with E-state index in [4.69, 9.17) is 4.74 Å². The van der Waals surface area contributed by atoms with Crippen molar-refractivity contribution in [3.05, 3.63) is 22.5 Å². The molecule has 2 aliphatic carbocycles. The Bertz CT molecular complexity index is 662. The van der Waals surface area contributed by atoms with Crippen LogP contribution in [0.25, 0.3) is 0 Å². The van der Waals surface area contributed by atoms with E-state index in [1.54, 1.807) is 27.7 Å². The summed E-state index contributed by atoms with van der Waals surface area (Å²) in [6.45, 7) is 12.6. The van der Waals surface area contributed by atoms with Crippen molar-refractivity contribution in [2.75, 3.05) is 7.11 Å². The van der Waals surface area contributed by atoms with E-state index in [2.05, 4.69) is 0 Å². The van der Waals surface area contributed by atoms with Crippen molar-refractivity contribution in [3.8, 4) is 0 Å². The van der Waals surface area contributed by atoms with E-state index in [9.17, 15) is 19.5 Å². The number of allylic oxidation sites excluding steroid dienone is 3. The van der Waals surface area contributed by atoms with Crippen LogP contribution >= 0.6 is 0 Å². The highest BCUT2D eigenvalue weighted by Crippen LogP contribution is 2.35. The smallest absolute Gasteiger partial charge is 0.198 e. The van der Waals surface area contributed by atoms with Crippen LogP contribution in [0.4, 0.5) is 0 Å². The maximum Gasteiger partial charge on any atom is 0.198 e. The fourth-order valence-electron chi connectivity index (χ4n) is 3.31. The number of methoxy groups -OCH3 is 1. The summed E-state index contributed by atoms with van der Waals surface area (Å²) in [5.74, 6) is 0.322. The number of hydrogen-bond donors (Lipinski definition) is 1. The Morgan fingerprint density at radius 2 is 1.40 bits per heavy atom. The molecule has 0 fully saturated rings. The Morgan fingerprint density at radius 3 is 1.88 bits per heavy atom. The van der Waals surface area contributed by atoms with E-state index in [0.29, 0.717) is 12.0 Å². The van der Waals surface area contributed by atoms with Gasteiger partial charge in [0.25, 0.3) is 0 Å². The van der Waals surface area contributed by atoms with Gasteiger partial charge in [-0.15, -0.1) is 0 Å². The molecule has 0 aromatic rings. The van der Waals surface area contributed by atoms with Crippen LogP contribution in [-0.2, 0) is 19.1 Å². The first kappa shape index (κ1) is 21.3. The van der Waals surface area contributed by atoms with Crippen LogP contribution < -0.4 is 0 Å². The standard InChI is InChI=1S/C10H14O3.C10H16O2/c1-6-8(13-4)7(11)5-10(2,3)9(6)12;1-6-7(2)9(12)10(3,4)5-8(6)11/h5H2,1-4H3;8,11H,5H2,1-4H3/t;8-/m.0/s1. The zero-order valence-corrected chi connectivity index (χ0v) is 16.6. The van der Waals surface area contributed by atoms with Crippen LogP contribution in [0.3, 0.4) is 0 Å². The molecule has 0 spiro atoms. The Hall–Kier alpha value is -1.75. The van der Waals surface area contributed by atoms with E-state index in [1.807, 2.05) is 20.8 Å². The average molecular weight is 350 g/mol. The monoisotopic (exact) mass is 350 g/mol. The average Bonchev–Trinajstić information content (AvgIpc) is 2.49. The molecule has 0 amide bonds. The molecule has 25 heavy (non-hydrogen) atoms. The summed E-state index contributed by atoms with van der Waals surface area (Å²) in [4.78, 5) is 34.8. The molecule has 0 radical (unpaired) electrons. The zero-order valence-electron chi connectivity index (χ0n) is 16.6. The van der Waals surface area contributed by atoms with Crippen LogP contribution in [-0.4, -0.2) is 35.7 Å². The van der Waals surface area contributed by atoms with Crippen molar-refractivity contribution in [1.82, 2.24) is 0 Å². The molecule has 5 nitrogen and oxygen atoms in total. The van der Waals surface area contributed by atoms with Gasteiger partial charge in [-0.25, -0.2) is 0 Å². The van der Waals surface area contributed by atoms with Crippen molar-refractivity contribution in [3.63, 3.8) is 0 Å². The lowest BCUT2D eigenvalue weighted by Gasteiger charge is -2.32. The summed E-state index contributed by atoms with van der Waals surface area (Å²) in [6, 6.07) is 0. The SMILES string of the molecule is CC1=C(C)[C@@H](O)CC(C)(C)C1=O.COC1=C(C)C(=O)C(C)(C)CC1=O. The van der Waals surface area contributed by atoms with Crippen molar-refractivity contribution in [2.45, 2.75) is 67.4 Å². The van der Waals surface area contributed by atoms with Gasteiger partial charge in [-0.1, -0.05) is 27.7 Å². The second-order valence-electron chi connectivity index (χ2n) is 8.21. The molecule has 5 heteroatoms. The lowest BCUT2D eigenvalue weighted by Crippen LogP contribution is -2.36. The van der Waals surface area contributed by atoms with Gasteiger partial charge in [0, 0.05) is 22.8 Å². The van der Waals surface area contributed by atoms with Gasteiger partial charge in [-0.2, -0.15) is 0 Å². The van der Waals surface area contributed by atoms with Crippen LogP contribution in [0, 0.1) is 10.8 Å². The highest BCUT2D eigenvalue weighted by Gasteiger charge is 2.39. The second-order valence-corrected chi connectivity index (χ2v) is 8.21. The number of hydrogen-bond acceptors (Lipinski definition) is 5. The van der Waals surface area contributed by atoms with E-state index in [-0.39, 0.29) is 34.9 Å². The maximum atomic E-state index is 11.7. The molecule has 1 N–H and O–H groups in total. The fraction of sp³-hybridized carbons (Fsp3) is 0.650. The molecule has 1 atom stereocenters. The van der Waals surface area contributed by atoms with Gasteiger partial charge < -0.3 is 9.84 Å². The Labute approximate surface area is 150 Å². The Morgan fingerprint density at radius 1 is 0.920 bits per heavy atom. The molecule has 2 aliphatic rings. The van der Waals surface area contributed by atoms with Crippen LogP contribution in [0.1, 0.15) is 61.3 Å². The van der Waals surface area contributed by atoms with E-state index in [0.717, 1.165) is 11.1 Å². The number of rotatable bonds is 1. The molecule has 0 unspecified atom stereocenters. The van der Waals surface area contributed by atoms with Gasteiger partial charge in [-0.3, -0.25) is 14.4 Å². The first-order valence-corrected chi connectivity index (χ1v) is 8.49. The first-order valence-electron chi connectivity index (χ1n) is 8.49. The minimum Gasteiger partial charge on any atom is -0.493 e. The molecule has 0 saturated heterocycles. The number of carbonyl (C=O) groups excluding carboxylic acids is 3. The number of Topliss-reactive ketones (excluding diaryl/α,β-unsaturated/α-hetero) is 3. The number of aliphatic hydroxyl groups excluding tert-OH is 1. The summed E-state index contributed by atoms with van der Waals surface area (Å²) in [5.41, 5.74) is 1.06. The van der Waals surface area contributed by atoms with Gasteiger partial charge in [0.15, 0.2) is 23.1 Å². The largest absolute Gasteiger partial charge is 0.493 e. The van der Waals surface area contributed by atoms with Crippen LogP contribution in [0.5, 0.6) is 0 Å². The molecule has 0 aliphatic heterocycles. The Balaban J connectivity index is 0.000000251. The highest BCUT2D eigenvalue weighted by atomic mass is 16.5. The molecule has 0 heterocycles. The Kier molecular flexibility index (Phi) is 6.17. The van der Waals surface area contributed by atoms with Gasteiger partial charge in [0.05, 0.1) is 13.2 Å². The number of aliphatic hydroxyl groups is 1. The quantitative estimate of drug-likeness (QED) is 0.786. The number of ketones is 3. The highest BCUT2D eigenvalue weighted by molar-refractivity contribution is 6.12. The second kappa shape index (κ2) is 7.24. The molecule has 140 valence electrons. The van der Waals surface area contributed by atoms with Gasteiger partial charge >= 0.3 is 0 Å². The van der Waals surface area contributed by atoms with Gasteiger partial charge in [0.2, 0.25) is 0 Å². The third-order valence-electron chi connectivity index (χ3n) is 5.11. The van der Waals surface area contributed by atoms with Crippen molar-refractivity contribution in [1.29, 1.82) is 0 Å². The summed E-state index contributed by atoms with van der Waals surface area (Å²) < 4.78 is 4.89. The van der Waals surface area contributed by atoms with Crippen molar-refractivity contribution in [2.24, 2.45) is 10.8 Å². The molecular formula is C20H30O5. The lowest BCUT2D eigenvalue weighted by atomic mass is 9.72. The number of carbonyl (C=O) groups is 3. The predicted octanol–water partition coefficient (Wildman–Crippen LogP) is 3.16. The fourth-order valence-corrected chi connectivity index (χ4v) is 3.31. The van der Waals surface area contributed by atoms with Crippen molar-refractivity contribution < 1.29 is 24.2 Å². The third-order valence-corrected chi connectivity index (χ3v) is 5.11. The first-order chi connectivity index (χ1) is 11.3. The summed E-state index contributed by atoms with van der Waals surface area (Å²) in [5, 5.41) is 9.59. The predicted molar refractivity (Wildman–Crippen MR) is 95.9 cm³/mol. The minimum absolute atomic E-state index is 0.00366. The summed E-state index contributed by atoms with van der Waals surface area (Å²) in [6.07, 6.45) is 0.360. The number of ether oxygens (including phenoxy) is 1. The third kappa shape index (κ3) is 4.27. The molecule has 2 rings (SSSR count). The van der Waals surface area contributed by atoms with Crippen LogP contribution in [0.2, 0.25) is 0 Å².